The second-order valence-electron chi connectivity index (χ2n) is 5.03. The van der Waals surface area contributed by atoms with Crippen molar-refractivity contribution in [2.24, 2.45) is 5.73 Å². The standard InChI is InChI=1S/C17H20BrNO2/c18-15-9-5-4-8-14(15)11-21-12-17(20)16(19)10-13-6-2-1-3-7-13/h1-9,16-17,20H,10-12,19H2. The van der Waals surface area contributed by atoms with E-state index in [0.717, 1.165) is 15.6 Å². The van der Waals surface area contributed by atoms with Gasteiger partial charge in [0.05, 0.1) is 19.3 Å². The molecule has 2 atom stereocenters. The predicted octanol–water partition coefficient (Wildman–Crippen LogP) is 2.90. The molecule has 0 saturated carbocycles. The monoisotopic (exact) mass is 349 g/mol. The average Bonchev–Trinajstić information content (AvgIpc) is 2.50. The van der Waals surface area contributed by atoms with Gasteiger partial charge in [-0.3, -0.25) is 0 Å². The van der Waals surface area contributed by atoms with Gasteiger partial charge < -0.3 is 15.6 Å². The Balaban J connectivity index is 1.76. The van der Waals surface area contributed by atoms with Crippen LogP contribution in [0.4, 0.5) is 0 Å². The molecule has 0 heterocycles. The number of ether oxygens (including phenoxy) is 1. The normalized spacial score (nSPS) is 13.9. The molecule has 2 aromatic carbocycles. The van der Waals surface area contributed by atoms with Gasteiger partial charge in [-0.25, -0.2) is 0 Å². The lowest BCUT2D eigenvalue weighted by molar-refractivity contribution is 0.0159. The smallest absolute Gasteiger partial charge is 0.0927 e. The molecular weight excluding hydrogens is 330 g/mol. The van der Waals surface area contributed by atoms with E-state index in [9.17, 15) is 5.11 Å². The molecule has 2 unspecified atom stereocenters. The summed E-state index contributed by atoms with van der Waals surface area (Å²) in [4.78, 5) is 0. The van der Waals surface area contributed by atoms with Crippen molar-refractivity contribution in [1.29, 1.82) is 0 Å². The Morgan fingerprint density at radius 3 is 2.43 bits per heavy atom. The Morgan fingerprint density at radius 2 is 1.71 bits per heavy atom. The van der Waals surface area contributed by atoms with Crippen LogP contribution in [0.1, 0.15) is 11.1 Å². The molecule has 21 heavy (non-hydrogen) atoms. The zero-order valence-electron chi connectivity index (χ0n) is 11.8. The van der Waals surface area contributed by atoms with Gasteiger partial charge in [0.2, 0.25) is 0 Å². The van der Waals surface area contributed by atoms with Crippen molar-refractivity contribution in [3.8, 4) is 0 Å². The zero-order valence-corrected chi connectivity index (χ0v) is 13.4. The molecule has 0 aliphatic carbocycles. The third kappa shape index (κ3) is 5.25. The number of aliphatic hydroxyl groups is 1. The third-order valence-electron chi connectivity index (χ3n) is 3.31. The molecule has 0 saturated heterocycles. The van der Waals surface area contributed by atoms with Crippen LogP contribution in [-0.2, 0) is 17.8 Å². The van der Waals surface area contributed by atoms with Crippen molar-refractivity contribution in [1.82, 2.24) is 0 Å². The molecule has 0 spiro atoms. The summed E-state index contributed by atoms with van der Waals surface area (Å²) in [5.41, 5.74) is 8.20. The van der Waals surface area contributed by atoms with Crippen molar-refractivity contribution >= 4 is 15.9 Å². The van der Waals surface area contributed by atoms with Crippen LogP contribution in [0, 0.1) is 0 Å². The second-order valence-corrected chi connectivity index (χ2v) is 5.88. The highest BCUT2D eigenvalue weighted by molar-refractivity contribution is 9.10. The van der Waals surface area contributed by atoms with E-state index >= 15 is 0 Å². The molecule has 3 N–H and O–H groups in total. The molecule has 0 aliphatic rings. The maximum atomic E-state index is 10.1. The number of aliphatic hydroxyl groups excluding tert-OH is 1. The van der Waals surface area contributed by atoms with Gasteiger partial charge in [0, 0.05) is 10.5 Å². The van der Waals surface area contributed by atoms with Gasteiger partial charge in [-0.2, -0.15) is 0 Å². The van der Waals surface area contributed by atoms with E-state index in [2.05, 4.69) is 15.9 Å². The molecule has 0 radical (unpaired) electrons. The van der Waals surface area contributed by atoms with Crippen molar-refractivity contribution in [3.05, 3.63) is 70.2 Å². The van der Waals surface area contributed by atoms with Crippen LogP contribution in [0.25, 0.3) is 0 Å². The second kappa shape index (κ2) is 8.29. The Kier molecular flexibility index (Phi) is 6.39. The van der Waals surface area contributed by atoms with Crippen LogP contribution in [0.15, 0.2) is 59.1 Å². The number of benzene rings is 2. The lowest BCUT2D eigenvalue weighted by Gasteiger charge is -2.19. The fraction of sp³-hybridized carbons (Fsp3) is 0.294. The van der Waals surface area contributed by atoms with Crippen LogP contribution in [-0.4, -0.2) is 23.9 Å². The van der Waals surface area contributed by atoms with Gasteiger partial charge in [0.15, 0.2) is 0 Å². The van der Waals surface area contributed by atoms with E-state index in [1.807, 2.05) is 54.6 Å². The minimum Gasteiger partial charge on any atom is -0.389 e. The van der Waals surface area contributed by atoms with Crippen molar-refractivity contribution in [3.63, 3.8) is 0 Å². The highest BCUT2D eigenvalue weighted by Gasteiger charge is 2.15. The van der Waals surface area contributed by atoms with Crippen molar-refractivity contribution in [2.75, 3.05) is 6.61 Å². The van der Waals surface area contributed by atoms with Gasteiger partial charge in [0.25, 0.3) is 0 Å². The third-order valence-corrected chi connectivity index (χ3v) is 4.09. The first-order valence-corrected chi connectivity index (χ1v) is 7.75. The summed E-state index contributed by atoms with van der Waals surface area (Å²) in [6.07, 6.45) is -0.0341. The summed E-state index contributed by atoms with van der Waals surface area (Å²) < 4.78 is 6.57. The molecule has 2 rings (SSSR count). The summed E-state index contributed by atoms with van der Waals surface area (Å²) in [5, 5.41) is 10.1. The SMILES string of the molecule is NC(Cc1ccccc1)C(O)COCc1ccccc1Br. The van der Waals surface area contributed by atoms with E-state index in [-0.39, 0.29) is 12.6 Å². The summed E-state index contributed by atoms with van der Waals surface area (Å²) in [6.45, 7) is 0.686. The summed E-state index contributed by atoms with van der Waals surface area (Å²) >= 11 is 3.47. The quantitative estimate of drug-likeness (QED) is 0.807. The minimum atomic E-state index is -0.673. The molecule has 3 nitrogen and oxygen atoms in total. The first kappa shape index (κ1) is 16.2. The predicted molar refractivity (Wildman–Crippen MR) is 87.9 cm³/mol. The largest absolute Gasteiger partial charge is 0.389 e. The van der Waals surface area contributed by atoms with Crippen LogP contribution in [0.3, 0.4) is 0 Å². The molecule has 0 bridgehead atoms. The van der Waals surface area contributed by atoms with Gasteiger partial charge in [-0.15, -0.1) is 0 Å². The summed E-state index contributed by atoms with van der Waals surface area (Å²) in [5.74, 6) is 0. The molecule has 2 aromatic rings. The molecular formula is C17H20BrNO2. The van der Waals surface area contributed by atoms with Crippen LogP contribution < -0.4 is 5.73 Å². The van der Waals surface area contributed by atoms with E-state index in [4.69, 9.17) is 10.5 Å². The summed E-state index contributed by atoms with van der Waals surface area (Å²) in [6, 6.07) is 17.5. The van der Waals surface area contributed by atoms with Crippen LogP contribution in [0.5, 0.6) is 0 Å². The van der Waals surface area contributed by atoms with E-state index in [1.54, 1.807) is 0 Å². The average molecular weight is 350 g/mol. The number of nitrogens with two attached hydrogens (primary N) is 1. The van der Waals surface area contributed by atoms with Crippen LogP contribution >= 0.6 is 15.9 Å². The molecule has 0 aliphatic heterocycles. The summed E-state index contributed by atoms with van der Waals surface area (Å²) in [7, 11) is 0. The molecule has 0 amide bonds. The molecule has 0 aromatic heterocycles. The number of halogens is 1. The first-order valence-electron chi connectivity index (χ1n) is 6.95. The van der Waals surface area contributed by atoms with Gasteiger partial charge in [-0.05, 0) is 23.6 Å². The van der Waals surface area contributed by atoms with Gasteiger partial charge >= 0.3 is 0 Å². The lowest BCUT2D eigenvalue weighted by atomic mass is 10.0. The van der Waals surface area contributed by atoms with Crippen molar-refractivity contribution < 1.29 is 9.84 Å². The first-order chi connectivity index (χ1) is 10.2. The fourth-order valence-corrected chi connectivity index (χ4v) is 2.45. The maximum Gasteiger partial charge on any atom is 0.0927 e. The number of rotatable bonds is 7. The van der Waals surface area contributed by atoms with Crippen molar-refractivity contribution in [2.45, 2.75) is 25.2 Å². The highest BCUT2D eigenvalue weighted by atomic mass is 79.9. The molecule has 4 heteroatoms. The van der Waals surface area contributed by atoms with E-state index in [1.165, 1.54) is 0 Å². The highest BCUT2D eigenvalue weighted by Crippen LogP contribution is 2.16. The van der Waals surface area contributed by atoms with Gasteiger partial charge in [-0.1, -0.05) is 64.5 Å². The van der Waals surface area contributed by atoms with E-state index in [0.29, 0.717) is 13.0 Å². The fourth-order valence-electron chi connectivity index (χ4n) is 2.05. The molecule has 112 valence electrons. The van der Waals surface area contributed by atoms with Crippen LogP contribution in [0.2, 0.25) is 0 Å². The maximum absolute atomic E-state index is 10.1. The Morgan fingerprint density at radius 1 is 1.05 bits per heavy atom. The van der Waals surface area contributed by atoms with E-state index < -0.39 is 6.10 Å². The Hall–Kier alpha value is -1.20. The number of hydrogen-bond donors (Lipinski definition) is 2. The Bertz CT molecular complexity index is 547. The minimum absolute atomic E-state index is 0.231. The number of hydrogen-bond acceptors (Lipinski definition) is 3. The molecule has 0 fully saturated rings. The topological polar surface area (TPSA) is 55.5 Å². The lowest BCUT2D eigenvalue weighted by Crippen LogP contribution is -2.39. The Labute approximate surface area is 133 Å². The van der Waals surface area contributed by atoms with Gasteiger partial charge in [0.1, 0.15) is 0 Å². The zero-order chi connectivity index (χ0) is 15.1.